The average Bonchev–Trinajstić information content (AvgIpc) is 2.93. The summed E-state index contributed by atoms with van der Waals surface area (Å²) >= 11 is 0. The molecule has 2 aliphatic rings. The van der Waals surface area contributed by atoms with E-state index in [0.717, 1.165) is 12.8 Å². The van der Waals surface area contributed by atoms with E-state index in [1.165, 1.54) is 4.90 Å². The van der Waals surface area contributed by atoms with Crippen LogP contribution in [0.25, 0.3) is 0 Å². The number of benzene rings is 1. The van der Waals surface area contributed by atoms with Gasteiger partial charge in [-0.1, -0.05) is 19.4 Å². The van der Waals surface area contributed by atoms with E-state index in [9.17, 15) is 19.2 Å². The summed E-state index contributed by atoms with van der Waals surface area (Å²) in [5.41, 5.74) is 1.58. The van der Waals surface area contributed by atoms with Crippen LogP contribution in [-0.2, 0) is 20.9 Å². The zero-order valence-corrected chi connectivity index (χ0v) is 15.4. The van der Waals surface area contributed by atoms with Gasteiger partial charge in [-0.15, -0.1) is 0 Å². The molecule has 2 unspecified atom stereocenters. The topological polar surface area (TPSA) is 105 Å². The number of piperidine rings is 1. The molecule has 0 spiro atoms. The largest absolute Gasteiger partial charge is 0.446 e. The lowest BCUT2D eigenvalue weighted by Gasteiger charge is -2.29. The fourth-order valence-corrected chi connectivity index (χ4v) is 3.49. The maximum Gasteiger partial charge on any atom is 0.411 e. The summed E-state index contributed by atoms with van der Waals surface area (Å²) in [7, 11) is 0. The smallest absolute Gasteiger partial charge is 0.411 e. The highest BCUT2D eigenvalue weighted by atomic mass is 16.6. The molecule has 3 rings (SSSR count). The third kappa shape index (κ3) is 3.94. The fourth-order valence-electron chi connectivity index (χ4n) is 3.49. The molecule has 4 amide bonds. The summed E-state index contributed by atoms with van der Waals surface area (Å²) in [5.74, 6) is -1.07. The third-order valence-electron chi connectivity index (χ3n) is 4.82. The summed E-state index contributed by atoms with van der Waals surface area (Å²) in [4.78, 5) is 49.8. The molecule has 2 aliphatic heterocycles. The lowest BCUT2D eigenvalue weighted by molar-refractivity contribution is -0.136. The molecule has 1 aromatic carbocycles. The van der Waals surface area contributed by atoms with Crippen molar-refractivity contribution in [3.05, 3.63) is 29.3 Å². The van der Waals surface area contributed by atoms with Crippen molar-refractivity contribution in [3.63, 3.8) is 0 Å². The minimum absolute atomic E-state index is 0.196. The van der Waals surface area contributed by atoms with Crippen molar-refractivity contribution in [1.82, 2.24) is 10.2 Å². The second kappa shape index (κ2) is 7.77. The fraction of sp³-hybridized carbons (Fsp3) is 0.474. The number of nitrogens with zero attached hydrogens (tertiary/aromatic N) is 1. The molecule has 0 saturated carbocycles. The van der Waals surface area contributed by atoms with Crippen LogP contribution in [0.1, 0.15) is 55.5 Å². The number of hydrogen-bond donors (Lipinski definition) is 2. The van der Waals surface area contributed by atoms with Crippen LogP contribution in [0.3, 0.4) is 0 Å². The normalized spacial score (nSPS) is 20.1. The van der Waals surface area contributed by atoms with Crippen LogP contribution in [0.5, 0.6) is 0 Å². The van der Waals surface area contributed by atoms with Crippen LogP contribution < -0.4 is 10.6 Å². The molecule has 1 saturated heterocycles. The molecule has 2 heterocycles. The number of amides is 4. The van der Waals surface area contributed by atoms with Gasteiger partial charge in [0.2, 0.25) is 11.8 Å². The maximum atomic E-state index is 12.7. The number of carbonyl (C=O) groups is 4. The number of imide groups is 1. The zero-order chi connectivity index (χ0) is 19.6. The summed E-state index contributed by atoms with van der Waals surface area (Å²) < 4.78 is 5.30. The van der Waals surface area contributed by atoms with Crippen LogP contribution >= 0.6 is 0 Å². The maximum absolute atomic E-state index is 12.7. The molecule has 1 fully saturated rings. The molecule has 8 nitrogen and oxygen atoms in total. The van der Waals surface area contributed by atoms with Gasteiger partial charge in [-0.2, -0.15) is 0 Å². The molecule has 8 heteroatoms. The quantitative estimate of drug-likeness (QED) is 0.770. The number of hydrogen-bond acceptors (Lipinski definition) is 5. The number of fused-ring (bicyclic) bond motifs is 1. The molecule has 0 radical (unpaired) electrons. The predicted molar refractivity (Wildman–Crippen MR) is 97.0 cm³/mol. The molecular weight excluding hydrogens is 350 g/mol. The van der Waals surface area contributed by atoms with Gasteiger partial charge in [-0.05, 0) is 31.9 Å². The van der Waals surface area contributed by atoms with Gasteiger partial charge in [0.25, 0.3) is 5.91 Å². The molecule has 2 atom stereocenters. The van der Waals surface area contributed by atoms with Gasteiger partial charge in [0, 0.05) is 29.8 Å². The van der Waals surface area contributed by atoms with Crippen LogP contribution in [0.2, 0.25) is 0 Å². The molecule has 2 N–H and O–H groups in total. The Kier molecular flexibility index (Phi) is 5.43. The van der Waals surface area contributed by atoms with Gasteiger partial charge in [-0.3, -0.25) is 25.0 Å². The van der Waals surface area contributed by atoms with Crippen molar-refractivity contribution >= 4 is 29.5 Å². The third-order valence-corrected chi connectivity index (χ3v) is 4.82. The molecule has 1 aromatic rings. The Hall–Kier alpha value is -2.90. The summed E-state index contributed by atoms with van der Waals surface area (Å²) in [6, 6.07) is 4.36. The van der Waals surface area contributed by atoms with Crippen LogP contribution in [0, 0.1) is 0 Å². The molecular formula is C19H23N3O5. The molecule has 0 bridgehead atoms. The second-order valence-electron chi connectivity index (χ2n) is 6.86. The Labute approximate surface area is 157 Å². The molecule has 27 heavy (non-hydrogen) atoms. The Morgan fingerprint density at radius 1 is 1.37 bits per heavy atom. The first-order chi connectivity index (χ1) is 12.9. The van der Waals surface area contributed by atoms with E-state index in [2.05, 4.69) is 10.6 Å². The van der Waals surface area contributed by atoms with Gasteiger partial charge < -0.3 is 9.64 Å². The number of rotatable bonds is 5. The minimum Gasteiger partial charge on any atom is -0.446 e. The molecule has 0 aliphatic carbocycles. The summed E-state index contributed by atoms with van der Waals surface area (Å²) in [5, 5.41) is 4.97. The van der Waals surface area contributed by atoms with Crippen molar-refractivity contribution in [2.75, 3.05) is 5.32 Å². The average molecular weight is 373 g/mol. The first kappa shape index (κ1) is 18.9. The number of ether oxygens (including phenoxy) is 1. The lowest BCUT2D eigenvalue weighted by atomic mass is 10.0. The van der Waals surface area contributed by atoms with Gasteiger partial charge in [-0.25, -0.2) is 4.79 Å². The first-order valence-corrected chi connectivity index (χ1v) is 9.15. The van der Waals surface area contributed by atoms with Crippen molar-refractivity contribution in [1.29, 1.82) is 0 Å². The zero-order valence-electron chi connectivity index (χ0n) is 15.4. The highest BCUT2D eigenvalue weighted by Crippen LogP contribution is 2.32. The van der Waals surface area contributed by atoms with Crippen molar-refractivity contribution in [2.45, 2.75) is 58.2 Å². The Morgan fingerprint density at radius 3 is 2.85 bits per heavy atom. The van der Waals surface area contributed by atoms with Crippen LogP contribution in [-0.4, -0.2) is 40.9 Å². The van der Waals surface area contributed by atoms with E-state index >= 15 is 0 Å². The first-order valence-electron chi connectivity index (χ1n) is 9.15. The number of nitrogens with one attached hydrogen (secondary N) is 2. The minimum atomic E-state index is -0.688. The van der Waals surface area contributed by atoms with E-state index in [-0.39, 0.29) is 30.9 Å². The highest BCUT2D eigenvalue weighted by Gasteiger charge is 2.40. The van der Waals surface area contributed by atoms with E-state index in [1.54, 1.807) is 18.2 Å². The highest BCUT2D eigenvalue weighted by molar-refractivity contribution is 6.06. The van der Waals surface area contributed by atoms with Gasteiger partial charge in [0.1, 0.15) is 12.1 Å². The number of anilines is 1. The Balaban J connectivity index is 1.75. The van der Waals surface area contributed by atoms with E-state index in [4.69, 9.17) is 4.74 Å². The van der Waals surface area contributed by atoms with Crippen LogP contribution in [0.4, 0.5) is 10.5 Å². The Morgan fingerprint density at radius 2 is 2.15 bits per heavy atom. The molecule has 144 valence electrons. The summed E-state index contributed by atoms with van der Waals surface area (Å²) in [6.45, 7) is 4.03. The number of carbonyl (C=O) groups excluding carboxylic acids is 4. The van der Waals surface area contributed by atoms with Crippen molar-refractivity contribution < 1.29 is 23.9 Å². The second-order valence-corrected chi connectivity index (χ2v) is 6.86. The van der Waals surface area contributed by atoms with Crippen molar-refractivity contribution in [3.8, 4) is 0 Å². The monoisotopic (exact) mass is 373 g/mol. The van der Waals surface area contributed by atoms with E-state index in [1.807, 2.05) is 13.8 Å². The van der Waals surface area contributed by atoms with Gasteiger partial charge >= 0.3 is 6.09 Å². The molecule has 0 aromatic heterocycles. The van der Waals surface area contributed by atoms with E-state index in [0.29, 0.717) is 23.2 Å². The predicted octanol–water partition coefficient (Wildman–Crippen LogP) is 2.18. The lowest BCUT2D eigenvalue weighted by Crippen LogP contribution is -2.52. The van der Waals surface area contributed by atoms with Gasteiger partial charge in [0.15, 0.2) is 0 Å². The van der Waals surface area contributed by atoms with E-state index < -0.39 is 18.0 Å². The standard InChI is InChI=1S/C19H23N3O5/c1-3-5-11(2)27-19(26)20-14-7-4-6-12-13(14)10-22(18(12)25)15-8-9-16(23)21-17(15)24/h4,6-7,11,15H,3,5,8-10H2,1-2H3,(H,20,26)(H,21,23,24). The van der Waals surface area contributed by atoms with Crippen molar-refractivity contribution in [2.24, 2.45) is 0 Å². The van der Waals surface area contributed by atoms with Gasteiger partial charge in [0.05, 0.1) is 0 Å². The Bertz CT molecular complexity index is 792. The summed E-state index contributed by atoms with van der Waals surface area (Å²) in [6.07, 6.45) is 1.39. The van der Waals surface area contributed by atoms with Crippen LogP contribution in [0.15, 0.2) is 18.2 Å². The SMILES string of the molecule is CCCC(C)OC(=O)Nc1cccc2c1CN(C1CCC(=O)NC1=O)C2=O.